The minimum Gasteiger partial charge on any atom is -0.382 e. The molecule has 4 rings (SSSR count). The van der Waals surface area contributed by atoms with Crippen LogP contribution in [0.2, 0.25) is 0 Å². The predicted octanol–water partition coefficient (Wildman–Crippen LogP) is 3.52. The van der Waals surface area contributed by atoms with Gasteiger partial charge in [0.1, 0.15) is 29.8 Å². The summed E-state index contributed by atoms with van der Waals surface area (Å²) in [6.45, 7) is 2.02. The van der Waals surface area contributed by atoms with Crippen molar-refractivity contribution in [2.75, 3.05) is 5.73 Å². The van der Waals surface area contributed by atoms with E-state index in [9.17, 15) is 0 Å². The van der Waals surface area contributed by atoms with E-state index in [1.54, 1.807) is 29.6 Å². The van der Waals surface area contributed by atoms with E-state index in [2.05, 4.69) is 30.4 Å². The zero-order valence-corrected chi connectivity index (χ0v) is 13.4. The van der Waals surface area contributed by atoms with Gasteiger partial charge in [0.05, 0.1) is 6.20 Å². The molecule has 0 saturated carbocycles. The van der Waals surface area contributed by atoms with Crippen molar-refractivity contribution in [1.82, 2.24) is 24.7 Å². The van der Waals surface area contributed by atoms with Gasteiger partial charge in [-0.05, 0) is 25.1 Å². The quantitative estimate of drug-likeness (QED) is 0.578. The van der Waals surface area contributed by atoms with Gasteiger partial charge >= 0.3 is 0 Å². The fourth-order valence-electron chi connectivity index (χ4n) is 2.45. The van der Waals surface area contributed by atoms with E-state index in [0.717, 1.165) is 16.3 Å². The minimum atomic E-state index is 0.343. The highest BCUT2D eigenvalue weighted by atomic mass is 15.2. The Morgan fingerprint density at radius 2 is 1.80 bits per heavy atom. The van der Waals surface area contributed by atoms with E-state index in [1.807, 2.05) is 37.3 Å². The second kappa shape index (κ2) is 6.08. The monoisotopic (exact) mass is 330 g/mol. The van der Waals surface area contributed by atoms with Crippen LogP contribution in [-0.4, -0.2) is 24.7 Å². The van der Waals surface area contributed by atoms with Crippen LogP contribution in [0.25, 0.3) is 16.6 Å². The number of fused-ring (bicyclic) bond motifs is 1. The molecule has 25 heavy (non-hydrogen) atoms. The third-order valence-corrected chi connectivity index (χ3v) is 3.73. The Hall–Kier alpha value is -3.68. The first-order valence-electron chi connectivity index (χ1n) is 7.58. The van der Waals surface area contributed by atoms with Gasteiger partial charge in [-0.1, -0.05) is 17.7 Å². The highest BCUT2D eigenvalue weighted by Gasteiger charge is 2.07. The van der Waals surface area contributed by atoms with Crippen molar-refractivity contribution < 1.29 is 0 Å². The minimum absolute atomic E-state index is 0.343. The third-order valence-electron chi connectivity index (χ3n) is 3.73. The van der Waals surface area contributed by atoms with Crippen molar-refractivity contribution in [3.05, 3.63) is 60.9 Å². The number of azo groups is 1. The summed E-state index contributed by atoms with van der Waals surface area (Å²) < 4.78 is 1.70. The maximum Gasteiger partial charge on any atom is 0.151 e. The fraction of sp³-hybridized carbons (Fsp3) is 0.0588. The second-order valence-corrected chi connectivity index (χ2v) is 5.53. The first kappa shape index (κ1) is 14.9. The summed E-state index contributed by atoms with van der Waals surface area (Å²) in [6.07, 6.45) is 6.51. The number of nitrogens with zero attached hydrogens (tertiary/aromatic N) is 7. The van der Waals surface area contributed by atoms with Crippen LogP contribution >= 0.6 is 0 Å². The molecule has 0 spiro atoms. The molecule has 1 aromatic carbocycles. The molecule has 0 amide bonds. The fourth-order valence-corrected chi connectivity index (χ4v) is 2.45. The number of hydrogen-bond donors (Lipinski definition) is 1. The maximum atomic E-state index is 5.99. The first-order chi connectivity index (χ1) is 12.2. The summed E-state index contributed by atoms with van der Waals surface area (Å²) in [7, 11) is 0. The van der Waals surface area contributed by atoms with Gasteiger partial charge in [0, 0.05) is 17.0 Å². The lowest BCUT2D eigenvalue weighted by atomic mass is 10.1. The Balaban J connectivity index is 1.69. The number of nitrogen functional groups attached to an aromatic ring is 1. The van der Waals surface area contributed by atoms with Gasteiger partial charge in [-0.3, -0.25) is 4.57 Å². The largest absolute Gasteiger partial charge is 0.382 e. The molecule has 0 unspecified atom stereocenters. The third kappa shape index (κ3) is 2.92. The van der Waals surface area contributed by atoms with E-state index in [-0.39, 0.29) is 0 Å². The molecule has 0 aliphatic heterocycles. The Kier molecular flexibility index (Phi) is 3.62. The Labute approximate surface area is 143 Å². The molecular weight excluding hydrogens is 316 g/mol. The van der Waals surface area contributed by atoms with Gasteiger partial charge in [-0.2, -0.15) is 0 Å². The molecule has 3 aromatic heterocycles. The van der Waals surface area contributed by atoms with Crippen LogP contribution in [-0.2, 0) is 0 Å². The second-order valence-electron chi connectivity index (χ2n) is 5.53. The van der Waals surface area contributed by atoms with Crippen LogP contribution in [0.3, 0.4) is 0 Å². The summed E-state index contributed by atoms with van der Waals surface area (Å²) in [5.74, 6) is 1.04. The standard InChI is InChI=1S/C17H14N8/c1-11-2-3-12-7-20-17(18)16(14(12)6-11)24-23-13-4-5-15(19-8-13)25-9-21-22-10-25/h2-10H,1H3,(H2,18,20). The zero-order chi connectivity index (χ0) is 17.2. The van der Waals surface area contributed by atoms with Gasteiger partial charge in [0.2, 0.25) is 0 Å². The molecule has 0 aliphatic carbocycles. The molecule has 4 aromatic rings. The van der Waals surface area contributed by atoms with Crippen molar-refractivity contribution >= 4 is 28.0 Å². The van der Waals surface area contributed by atoms with E-state index < -0.39 is 0 Å². The van der Waals surface area contributed by atoms with Crippen LogP contribution in [0.4, 0.5) is 17.2 Å². The lowest BCUT2D eigenvalue weighted by Crippen LogP contribution is -1.92. The highest BCUT2D eigenvalue weighted by Crippen LogP contribution is 2.32. The molecule has 0 saturated heterocycles. The molecule has 8 nitrogen and oxygen atoms in total. The number of anilines is 1. The molecular formula is C17H14N8. The lowest BCUT2D eigenvalue weighted by Gasteiger charge is -2.05. The number of rotatable bonds is 3. The summed E-state index contributed by atoms with van der Waals surface area (Å²) in [4.78, 5) is 8.50. The molecule has 0 fully saturated rings. The maximum absolute atomic E-state index is 5.99. The van der Waals surface area contributed by atoms with Gasteiger partial charge in [-0.15, -0.1) is 20.4 Å². The van der Waals surface area contributed by atoms with E-state index in [1.165, 1.54) is 0 Å². The molecule has 0 aliphatic rings. The van der Waals surface area contributed by atoms with Crippen LogP contribution in [0, 0.1) is 6.92 Å². The molecule has 0 atom stereocenters. The van der Waals surface area contributed by atoms with Crippen LogP contribution < -0.4 is 5.73 Å². The number of hydrogen-bond acceptors (Lipinski definition) is 7. The van der Waals surface area contributed by atoms with Gasteiger partial charge in [0.15, 0.2) is 5.82 Å². The normalized spacial score (nSPS) is 11.4. The average Bonchev–Trinajstić information content (AvgIpc) is 3.16. The molecule has 3 heterocycles. The Morgan fingerprint density at radius 3 is 2.56 bits per heavy atom. The highest BCUT2D eigenvalue weighted by molar-refractivity contribution is 5.96. The molecule has 2 N–H and O–H groups in total. The van der Waals surface area contributed by atoms with Crippen LogP contribution in [0.1, 0.15) is 5.56 Å². The molecule has 0 bridgehead atoms. The number of aromatic nitrogens is 5. The number of benzene rings is 1. The zero-order valence-electron chi connectivity index (χ0n) is 13.4. The topological polar surface area (TPSA) is 107 Å². The van der Waals surface area contributed by atoms with Crippen molar-refractivity contribution in [2.45, 2.75) is 6.92 Å². The van der Waals surface area contributed by atoms with Crippen molar-refractivity contribution in [1.29, 1.82) is 0 Å². The lowest BCUT2D eigenvalue weighted by molar-refractivity contribution is 0.988. The van der Waals surface area contributed by atoms with Crippen molar-refractivity contribution in [3.8, 4) is 5.82 Å². The van der Waals surface area contributed by atoms with Gasteiger partial charge < -0.3 is 5.73 Å². The van der Waals surface area contributed by atoms with Crippen molar-refractivity contribution in [3.63, 3.8) is 0 Å². The smallest absolute Gasteiger partial charge is 0.151 e. The van der Waals surface area contributed by atoms with E-state index in [4.69, 9.17) is 5.73 Å². The SMILES string of the molecule is Cc1ccc2cnc(N)c(N=Nc3ccc(-n4cnnc4)nc3)c2c1. The predicted molar refractivity (Wildman–Crippen MR) is 94.2 cm³/mol. The number of pyridine rings is 2. The summed E-state index contributed by atoms with van der Waals surface area (Å²) >= 11 is 0. The Bertz CT molecular complexity index is 1050. The summed E-state index contributed by atoms with van der Waals surface area (Å²) in [5, 5.41) is 17.9. The van der Waals surface area contributed by atoms with Crippen molar-refractivity contribution in [2.24, 2.45) is 10.2 Å². The van der Waals surface area contributed by atoms with Gasteiger partial charge in [0.25, 0.3) is 0 Å². The average molecular weight is 330 g/mol. The Morgan fingerprint density at radius 1 is 0.960 bits per heavy atom. The van der Waals surface area contributed by atoms with E-state index in [0.29, 0.717) is 23.0 Å². The number of nitrogens with two attached hydrogens (primary N) is 1. The summed E-state index contributed by atoms with van der Waals surface area (Å²) in [6, 6.07) is 9.66. The molecule has 8 heteroatoms. The number of aryl methyl sites for hydroxylation is 1. The first-order valence-corrected chi connectivity index (χ1v) is 7.58. The van der Waals surface area contributed by atoms with Crippen LogP contribution in [0.15, 0.2) is 65.6 Å². The van der Waals surface area contributed by atoms with Gasteiger partial charge in [-0.25, -0.2) is 9.97 Å². The molecule has 122 valence electrons. The summed E-state index contributed by atoms with van der Waals surface area (Å²) in [5.41, 5.74) is 8.28. The van der Waals surface area contributed by atoms with Crippen LogP contribution in [0.5, 0.6) is 0 Å². The molecule has 0 radical (unpaired) electrons. The van der Waals surface area contributed by atoms with E-state index >= 15 is 0 Å².